The number of rotatable bonds is 4. The third-order valence-corrected chi connectivity index (χ3v) is 3.81. The predicted octanol–water partition coefficient (Wildman–Crippen LogP) is 1.50. The van der Waals surface area contributed by atoms with Crippen molar-refractivity contribution in [3.05, 3.63) is 0 Å². The van der Waals surface area contributed by atoms with Gasteiger partial charge in [-0.3, -0.25) is 9.59 Å². The Labute approximate surface area is 95.6 Å². The molecule has 4 nitrogen and oxygen atoms in total. The molecule has 0 aromatic carbocycles. The molecule has 0 radical (unpaired) electrons. The van der Waals surface area contributed by atoms with Crippen LogP contribution in [-0.4, -0.2) is 34.5 Å². The van der Waals surface area contributed by atoms with E-state index in [4.69, 9.17) is 5.11 Å². The van der Waals surface area contributed by atoms with E-state index in [1.165, 1.54) is 12.8 Å². The molecule has 2 fully saturated rings. The van der Waals surface area contributed by atoms with Crippen LogP contribution in [0.3, 0.4) is 0 Å². The first kappa shape index (κ1) is 11.4. The second kappa shape index (κ2) is 4.44. The fourth-order valence-corrected chi connectivity index (χ4v) is 2.76. The number of hydrogen-bond acceptors (Lipinski definition) is 2. The summed E-state index contributed by atoms with van der Waals surface area (Å²) in [5.41, 5.74) is 0. The number of aliphatic carboxylic acids is 1. The normalized spacial score (nSPS) is 29.1. The van der Waals surface area contributed by atoms with Crippen LogP contribution in [0.4, 0.5) is 0 Å². The van der Waals surface area contributed by atoms with E-state index in [1.54, 1.807) is 0 Å². The van der Waals surface area contributed by atoms with Crippen molar-refractivity contribution in [3.8, 4) is 0 Å². The molecule has 1 N–H and O–H groups in total. The quantitative estimate of drug-likeness (QED) is 0.788. The molecule has 1 amide bonds. The summed E-state index contributed by atoms with van der Waals surface area (Å²) < 4.78 is 0. The maximum Gasteiger partial charge on any atom is 0.307 e. The SMILES string of the molecule is CCN(C(=O)[C@@H]1C[C@@H]1C(=O)O)C1CCCC1. The minimum absolute atomic E-state index is 0.0711. The summed E-state index contributed by atoms with van der Waals surface area (Å²) >= 11 is 0. The molecule has 2 saturated carbocycles. The fraction of sp³-hybridized carbons (Fsp3) is 0.833. The van der Waals surface area contributed by atoms with Crippen LogP contribution in [0.25, 0.3) is 0 Å². The van der Waals surface area contributed by atoms with E-state index in [2.05, 4.69) is 0 Å². The molecule has 16 heavy (non-hydrogen) atoms. The van der Waals surface area contributed by atoms with Crippen LogP contribution in [0.5, 0.6) is 0 Å². The summed E-state index contributed by atoms with van der Waals surface area (Å²) in [4.78, 5) is 24.7. The van der Waals surface area contributed by atoms with Gasteiger partial charge < -0.3 is 10.0 Å². The summed E-state index contributed by atoms with van der Waals surface area (Å²) in [6.45, 7) is 2.70. The number of nitrogens with zero attached hydrogens (tertiary/aromatic N) is 1. The van der Waals surface area contributed by atoms with Crippen LogP contribution < -0.4 is 0 Å². The van der Waals surface area contributed by atoms with Gasteiger partial charge in [0.05, 0.1) is 11.8 Å². The van der Waals surface area contributed by atoms with Gasteiger partial charge in [0.25, 0.3) is 0 Å². The largest absolute Gasteiger partial charge is 0.481 e. The van der Waals surface area contributed by atoms with Crippen LogP contribution in [0.2, 0.25) is 0 Å². The molecule has 0 aromatic heterocycles. The lowest BCUT2D eigenvalue weighted by atomic mass is 10.1. The van der Waals surface area contributed by atoms with Crippen molar-refractivity contribution in [1.29, 1.82) is 0 Å². The van der Waals surface area contributed by atoms with E-state index < -0.39 is 11.9 Å². The summed E-state index contributed by atoms with van der Waals surface area (Å²) in [6.07, 6.45) is 5.11. The van der Waals surface area contributed by atoms with Crippen molar-refractivity contribution in [2.24, 2.45) is 11.8 Å². The zero-order valence-corrected chi connectivity index (χ0v) is 9.69. The van der Waals surface area contributed by atoms with Gasteiger partial charge in [0.15, 0.2) is 0 Å². The molecule has 0 spiro atoms. The third kappa shape index (κ3) is 2.06. The van der Waals surface area contributed by atoms with Crippen LogP contribution in [0.1, 0.15) is 39.0 Å². The van der Waals surface area contributed by atoms with Crippen LogP contribution in [-0.2, 0) is 9.59 Å². The highest BCUT2D eigenvalue weighted by Gasteiger charge is 2.50. The van der Waals surface area contributed by atoms with Gasteiger partial charge in [0, 0.05) is 12.6 Å². The highest BCUT2D eigenvalue weighted by Crippen LogP contribution is 2.41. The average Bonchev–Trinajstić information content (AvgIpc) is 2.90. The smallest absolute Gasteiger partial charge is 0.307 e. The molecule has 0 heterocycles. The van der Waals surface area contributed by atoms with Crippen molar-refractivity contribution in [1.82, 2.24) is 4.90 Å². The van der Waals surface area contributed by atoms with Gasteiger partial charge in [0.1, 0.15) is 0 Å². The molecule has 2 aliphatic carbocycles. The minimum Gasteiger partial charge on any atom is -0.481 e. The van der Waals surface area contributed by atoms with Crippen LogP contribution in [0, 0.1) is 11.8 Å². The Balaban J connectivity index is 1.94. The first-order valence-electron chi connectivity index (χ1n) is 6.18. The molecule has 0 bridgehead atoms. The first-order valence-corrected chi connectivity index (χ1v) is 6.18. The number of carboxylic acid groups (broad SMARTS) is 1. The number of hydrogen-bond donors (Lipinski definition) is 1. The van der Waals surface area contributed by atoms with E-state index in [9.17, 15) is 9.59 Å². The second-order valence-corrected chi connectivity index (χ2v) is 4.85. The summed E-state index contributed by atoms with van der Waals surface area (Å²) in [6, 6.07) is 0.368. The standard InChI is InChI=1S/C12H19NO3/c1-2-13(8-5-3-4-6-8)11(14)9-7-10(9)12(15)16/h8-10H,2-7H2,1H3,(H,15,16)/t9-,10+/m1/s1. The Morgan fingerprint density at radius 3 is 2.31 bits per heavy atom. The van der Waals surface area contributed by atoms with Gasteiger partial charge in [0.2, 0.25) is 5.91 Å². The molecule has 0 aliphatic heterocycles. The van der Waals surface area contributed by atoms with Gasteiger partial charge in [-0.05, 0) is 26.2 Å². The predicted molar refractivity (Wildman–Crippen MR) is 58.9 cm³/mol. The van der Waals surface area contributed by atoms with Crippen molar-refractivity contribution in [3.63, 3.8) is 0 Å². The van der Waals surface area contributed by atoms with Gasteiger partial charge in [-0.2, -0.15) is 0 Å². The Kier molecular flexibility index (Phi) is 3.17. The monoisotopic (exact) mass is 225 g/mol. The molecular formula is C12H19NO3. The number of carboxylic acids is 1. The molecule has 2 aliphatic rings. The van der Waals surface area contributed by atoms with Crippen molar-refractivity contribution in [2.45, 2.75) is 45.1 Å². The van der Waals surface area contributed by atoms with Crippen LogP contribution in [0.15, 0.2) is 0 Å². The topological polar surface area (TPSA) is 57.6 Å². The molecule has 0 saturated heterocycles. The van der Waals surface area contributed by atoms with E-state index in [0.29, 0.717) is 19.0 Å². The molecule has 2 atom stereocenters. The van der Waals surface area contributed by atoms with Crippen molar-refractivity contribution >= 4 is 11.9 Å². The summed E-state index contributed by atoms with van der Waals surface area (Å²) in [5.74, 6) is -1.40. The van der Waals surface area contributed by atoms with Crippen molar-refractivity contribution < 1.29 is 14.7 Å². The summed E-state index contributed by atoms with van der Waals surface area (Å²) in [5, 5.41) is 8.82. The number of amides is 1. The Bertz CT molecular complexity index is 297. The minimum atomic E-state index is -0.819. The molecular weight excluding hydrogens is 206 g/mol. The van der Waals surface area contributed by atoms with E-state index in [-0.39, 0.29) is 11.8 Å². The van der Waals surface area contributed by atoms with E-state index in [1.807, 2.05) is 11.8 Å². The first-order chi connectivity index (χ1) is 7.65. The maximum atomic E-state index is 12.1. The molecule has 2 rings (SSSR count). The Morgan fingerprint density at radius 2 is 1.88 bits per heavy atom. The highest BCUT2D eigenvalue weighted by molar-refractivity contribution is 5.89. The van der Waals surface area contributed by atoms with Gasteiger partial charge in [-0.1, -0.05) is 12.8 Å². The van der Waals surface area contributed by atoms with Gasteiger partial charge in [-0.25, -0.2) is 0 Å². The number of carbonyl (C=O) groups is 2. The second-order valence-electron chi connectivity index (χ2n) is 4.85. The molecule has 0 aromatic rings. The maximum absolute atomic E-state index is 12.1. The van der Waals surface area contributed by atoms with E-state index in [0.717, 1.165) is 12.8 Å². The van der Waals surface area contributed by atoms with Crippen molar-refractivity contribution in [2.75, 3.05) is 6.54 Å². The Hall–Kier alpha value is -1.06. The summed E-state index contributed by atoms with van der Waals surface area (Å²) in [7, 11) is 0. The Morgan fingerprint density at radius 1 is 1.25 bits per heavy atom. The molecule has 4 heteroatoms. The highest BCUT2D eigenvalue weighted by atomic mass is 16.4. The van der Waals surface area contributed by atoms with Gasteiger partial charge in [-0.15, -0.1) is 0 Å². The lowest BCUT2D eigenvalue weighted by Gasteiger charge is -2.27. The fourth-order valence-electron chi connectivity index (χ4n) is 2.76. The lowest BCUT2D eigenvalue weighted by molar-refractivity contribution is -0.142. The zero-order chi connectivity index (χ0) is 11.7. The molecule has 90 valence electrons. The molecule has 0 unspecified atom stereocenters. The van der Waals surface area contributed by atoms with Gasteiger partial charge >= 0.3 is 5.97 Å². The van der Waals surface area contributed by atoms with Crippen LogP contribution >= 0.6 is 0 Å². The number of carbonyl (C=O) groups excluding carboxylic acids is 1. The zero-order valence-electron chi connectivity index (χ0n) is 9.69. The average molecular weight is 225 g/mol. The van der Waals surface area contributed by atoms with E-state index >= 15 is 0 Å². The lowest BCUT2D eigenvalue weighted by Crippen LogP contribution is -2.40. The third-order valence-electron chi connectivity index (χ3n) is 3.81.